The highest BCUT2D eigenvalue weighted by molar-refractivity contribution is 5.89. The Labute approximate surface area is 124 Å². The summed E-state index contributed by atoms with van der Waals surface area (Å²) in [7, 11) is 0. The molecule has 2 unspecified atom stereocenters. The number of carboxylic acids is 1. The first-order chi connectivity index (χ1) is 9.98. The van der Waals surface area contributed by atoms with E-state index in [-0.39, 0.29) is 29.9 Å². The molecule has 2 atom stereocenters. The summed E-state index contributed by atoms with van der Waals surface area (Å²) in [5.74, 6) is -1.34. The van der Waals surface area contributed by atoms with Crippen LogP contribution in [0.5, 0.6) is 0 Å². The molecule has 21 heavy (non-hydrogen) atoms. The Kier molecular flexibility index (Phi) is 4.80. The second kappa shape index (κ2) is 6.41. The molecule has 2 rings (SSSR count). The Balaban J connectivity index is 1.88. The molecule has 0 heterocycles. The highest BCUT2D eigenvalue weighted by atomic mass is 16.4. The van der Waals surface area contributed by atoms with Crippen molar-refractivity contribution in [3.05, 3.63) is 12.2 Å². The van der Waals surface area contributed by atoms with Crippen molar-refractivity contribution in [1.29, 1.82) is 0 Å². The predicted octanol–water partition coefficient (Wildman–Crippen LogP) is 0.727. The van der Waals surface area contributed by atoms with Gasteiger partial charge < -0.3 is 15.2 Å². The van der Waals surface area contributed by atoms with E-state index < -0.39 is 11.5 Å². The second-order valence-electron chi connectivity index (χ2n) is 6.11. The second-order valence-corrected chi connectivity index (χ2v) is 6.11. The minimum Gasteiger partial charge on any atom is -0.548 e. The maximum Gasteiger partial charge on any atom is 0.221 e. The van der Waals surface area contributed by atoms with Crippen molar-refractivity contribution in [2.75, 3.05) is 0 Å². The van der Waals surface area contributed by atoms with E-state index in [0.717, 1.165) is 12.8 Å². The van der Waals surface area contributed by atoms with E-state index in [4.69, 9.17) is 0 Å². The van der Waals surface area contributed by atoms with Crippen molar-refractivity contribution in [2.45, 2.75) is 57.4 Å². The van der Waals surface area contributed by atoms with Crippen molar-refractivity contribution in [2.24, 2.45) is 11.8 Å². The first-order valence-corrected chi connectivity index (χ1v) is 7.68. The first-order valence-electron chi connectivity index (χ1n) is 7.68. The molecule has 1 N–H and O–H groups in total. The number of rotatable bonds is 7. The third kappa shape index (κ3) is 3.71. The number of ketones is 1. The number of carboxylic acid groups (broad SMARTS) is 1. The Bertz CT molecular complexity index is 465. The number of carbonyl (C=O) groups is 3. The fourth-order valence-corrected chi connectivity index (χ4v) is 3.02. The van der Waals surface area contributed by atoms with Gasteiger partial charge in [-0.05, 0) is 38.0 Å². The molecule has 0 bridgehead atoms. The number of allylic oxidation sites excluding steroid dienone is 2. The van der Waals surface area contributed by atoms with Crippen molar-refractivity contribution >= 4 is 17.7 Å². The predicted molar refractivity (Wildman–Crippen MR) is 75.0 cm³/mol. The third-order valence-electron chi connectivity index (χ3n) is 4.50. The molecule has 1 amide bonds. The zero-order chi connectivity index (χ0) is 15.5. The van der Waals surface area contributed by atoms with Crippen LogP contribution in [-0.4, -0.2) is 23.2 Å². The van der Waals surface area contributed by atoms with Gasteiger partial charge in [0.05, 0.1) is 11.5 Å². The minimum absolute atomic E-state index is 0.0246. The number of nitrogens with one attached hydrogen (secondary N) is 1. The first kappa shape index (κ1) is 15.7. The van der Waals surface area contributed by atoms with Gasteiger partial charge in [0, 0.05) is 18.8 Å². The van der Waals surface area contributed by atoms with E-state index >= 15 is 0 Å². The number of hydrogen-bond donors (Lipinski definition) is 1. The van der Waals surface area contributed by atoms with E-state index in [9.17, 15) is 19.5 Å². The normalized spacial score (nSPS) is 27.0. The van der Waals surface area contributed by atoms with Crippen LogP contribution in [0.4, 0.5) is 0 Å². The molecule has 2 fully saturated rings. The highest BCUT2D eigenvalue weighted by Gasteiger charge is 2.46. The average molecular weight is 292 g/mol. The molecule has 2 aliphatic carbocycles. The van der Waals surface area contributed by atoms with Crippen LogP contribution in [0, 0.1) is 11.8 Å². The Hall–Kier alpha value is -1.65. The number of hydrogen-bond acceptors (Lipinski definition) is 4. The summed E-state index contributed by atoms with van der Waals surface area (Å²) in [6.07, 6.45) is 7.98. The van der Waals surface area contributed by atoms with Gasteiger partial charge in [-0.15, -0.1) is 0 Å². The van der Waals surface area contributed by atoms with Gasteiger partial charge in [-0.25, -0.2) is 0 Å². The van der Waals surface area contributed by atoms with Gasteiger partial charge in [0.1, 0.15) is 5.78 Å². The van der Waals surface area contributed by atoms with E-state index in [0.29, 0.717) is 25.7 Å². The van der Waals surface area contributed by atoms with Gasteiger partial charge in [-0.3, -0.25) is 9.59 Å². The summed E-state index contributed by atoms with van der Waals surface area (Å²) in [4.78, 5) is 34.9. The van der Waals surface area contributed by atoms with Crippen LogP contribution in [0.2, 0.25) is 0 Å². The third-order valence-corrected chi connectivity index (χ3v) is 4.50. The van der Waals surface area contributed by atoms with E-state index in [2.05, 4.69) is 5.32 Å². The molecule has 0 saturated heterocycles. The molecule has 0 aliphatic heterocycles. The van der Waals surface area contributed by atoms with Gasteiger partial charge in [0.15, 0.2) is 0 Å². The van der Waals surface area contributed by atoms with Crippen LogP contribution in [-0.2, 0) is 14.4 Å². The monoisotopic (exact) mass is 292 g/mol. The van der Waals surface area contributed by atoms with E-state index in [1.54, 1.807) is 0 Å². The van der Waals surface area contributed by atoms with Crippen molar-refractivity contribution in [3.8, 4) is 0 Å². The maximum atomic E-state index is 12.0. The van der Waals surface area contributed by atoms with E-state index in [1.165, 1.54) is 0 Å². The summed E-state index contributed by atoms with van der Waals surface area (Å²) in [5.41, 5.74) is -1.14. The maximum absolute atomic E-state index is 12.0. The molecule has 5 heteroatoms. The lowest BCUT2D eigenvalue weighted by Gasteiger charge is -2.21. The summed E-state index contributed by atoms with van der Waals surface area (Å²) in [6, 6.07) is 0. The standard InChI is InChI=1S/C16H23NO4/c1-2-3-4-5-12-11(6-7-13(12)18)10-14(19)17-16(8-9-16)15(20)21/h3-4,11-12H,2,5-10H2,1H3,(H,17,19)(H,20,21)/p-1/b4-3-. The summed E-state index contributed by atoms with van der Waals surface area (Å²) < 4.78 is 0. The quantitative estimate of drug-likeness (QED) is 0.701. The van der Waals surface area contributed by atoms with Crippen LogP contribution in [0.15, 0.2) is 12.2 Å². The number of carbonyl (C=O) groups excluding carboxylic acids is 3. The summed E-state index contributed by atoms with van der Waals surface area (Å²) in [5, 5.41) is 13.5. The van der Waals surface area contributed by atoms with Gasteiger partial charge in [-0.2, -0.15) is 0 Å². The van der Waals surface area contributed by atoms with Gasteiger partial charge in [0.25, 0.3) is 0 Å². The molecule has 116 valence electrons. The Morgan fingerprint density at radius 3 is 2.67 bits per heavy atom. The van der Waals surface area contributed by atoms with Gasteiger partial charge in [-0.1, -0.05) is 19.1 Å². The molecule has 2 saturated carbocycles. The SMILES string of the molecule is CC/C=C\CC1C(=O)CCC1CC(=O)NC1(C(=O)[O-])CC1. The molecular formula is C16H22NO4-. The Morgan fingerprint density at radius 2 is 2.10 bits per heavy atom. The minimum atomic E-state index is -1.21. The molecule has 2 aliphatic rings. The number of Topliss-reactive ketones (excluding diaryl/α,β-unsaturated/α-hetero) is 1. The molecule has 0 aromatic carbocycles. The van der Waals surface area contributed by atoms with Crippen LogP contribution >= 0.6 is 0 Å². The molecular weight excluding hydrogens is 270 g/mol. The fraction of sp³-hybridized carbons (Fsp3) is 0.688. The van der Waals surface area contributed by atoms with Crippen LogP contribution in [0.1, 0.15) is 51.9 Å². The molecule has 0 aromatic rings. The van der Waals surface area contributed by atoms with Crippen LogP contribution in [0.3, 0.4) is 0 Å². The number of aliphatic carboxylic acids is 1. The van der Waals surface area contributed by atoms with Gasteiger partial charge in [0.2, 0.25) is 5.91 Å². The Morgan fingerprint density at radius 1 is 1.38 bits per heavy atom. The molecule has 0 radical (unpaired) electrons. The highest BCUT2D eigenvalue weighted by Crippen LogP contribution is 2.37. The molecule has 0 spiro atoms. The van der Waals surface area contributed by atoms with Crippen molar-refractivity contribution in [1.82, 2.24) is 5.32 Å². The fourth-order valence-electron chi connectivity index (χ4n) is 3.02. The largest absolute Gasteiger partial charge is 0.548 e. The summed E-state index contributed by atoms with van der Waals surface area (Å²) >= 11 is 0. The lowest BCUT2D eigenvalue weighted by molar-refractivity contribution is -0.310. The van der Waals surface area contributed by atoms with Crippen LogP contribution in [0.25, 0.3) is 0 Å². The lowest BCUT2D eigenvalue weighted by atomic mass is 9.89. The summed E-state index contributed by atoms with van der Waals surface area (Å²) in [6.45, 7) is 2.03. The lowest BCUT2D eigenvalue weighted by Crippen LogP contribution is -2.50. The zero-order valence-corrected chi connectivity index (χ0v) is 12.4. The average Bonchev–Trinajstić information content (AvgIpc) is 3.13. The van der Waals surface area contributed by atoms with Crippen molar-refractivity contribution < 1.29 is 19.5 Å². The molecule has 5 nitrogen and oxygen atoms in total. The topological polar surface area (TPSA) is 86.3 Å². The van der Waals surface area contributed by atoms with E-state index in [1.807, 2.05) is 19.1 Å². The number of amides is 1. The van der Waals surface area contributed by atoms with Gasteiger partial charge >= 0.3 is 0 Å². The van der Waals surface area contributed by atoms with Crippen molar-refractivity contribution in [3.63, 3.8) is 0 Å². The molecule has 0 aromatic heterocycles. The smallest absolute Gasteiger partial charge is 0.221 e. The zero-order valence-electron chi connectivity index (χ0n) is 12.4. The van der Waals surface area contributed by atoms with Crippen LogP contribution < -0.4 is 10.4 Å².